The Morgan fingerprint density at radius 3 is 2.10 bits per heavy atom. The van der Waals surface area contributed by atoms with E-state index in [0.29, 0.717) is 21.6 Å². The molecule has 0 aliphatic rings. The van der Waals surface area contributed by atoms with Gasteiger partial charge in [0, 0.05) is 4.88 Å². The molecule has 1 aromatic carbocycles. The van der Waals surface area contributed by atoms with Crippen LogP contribution < -0.4 is 25.5 Å². The average Bonchev–Trinajstić information content (AvgIpc) is 2.93. The van der Waals surface area contributed by atoms with Crippen LogP contribution in [-0.2, 0) is 0 Å². The van der Waals surface area contributed by atoms with Crippen molar-refractivity contribution in [3.8, 4) is 17.2 Å². The summed E-state index contributed by atoms with van der Waals surface area (Å²) in [6, 6.07) is 7.28. The largest absolute Gasteiger partial charge is 0.493 e. The van der Waals surface area contributed by atoms with Crippen LogP contribution in [0.3, 0.4) is 0 Å². The number of ether oxygens (including phenoxy) is 3. The summed E-state index contributed by atoms with van der Waals surface area (Å²) in [5.41, 5.74) is 3.68. The van der Waals surface area contributed by atoms with Crippen LogP contribution in [0.5, 0.6) is 17.2 Å². The van der Waals surface area contributed by atoms with Gasteiger partial charge in [0.05, 0.1) is 31.7 Å². The van der Waals surface area contributed by atoms with E-state index in [1.807, 2.05) is 24.3 Å². The predicted molar refractivity (Wildman–Crippen MR) is 84.6 cm³/mol. The third-order valence-electron chi connectivity index (χ3n) is 3.07. The maximum atomic E-state index is 5.99. The zero-order valence-corrected chi connectivity index (χ0v) is 13.5. The van der Waals surface area contributed by atoms with E-state index in [1.54, 1.807) is 21.3 Å². The number of halogens is 1. The number of hydrazine groups is 1. The highest BCUT2D eigenvalue weighted by atomic mass is 35.5. The summed E-state index contributed by atoms with van der Waals surface area (Å²) < 4.78 is 16.7. The molecule has 2 aromatic rings. The van der Waals surface area contributed by atoms with Crippen molar-refractivity contribution in [2.75, 3.05) is 21.3 Å². The first kappa shape index (κ1) is 15.9. The van der Waals surface area contributed by atoms with E-state index in [4.69, 9.17) is 31.7 Å². The Hall–Kier alpha value is -1.47. The van der Waals surface area contributed by atoms with Gasteiger partial charge in [0.15, 0.2) is 11.5 Å². The Kier molecular flexibility index (Phi) is 5.30. The standard InChI is InChI=1S/C14H17ClN2O3S/c1-18-9-6-8(7-10(19-2)14(9)20-3)13(17-16)11-4-5-12(15)21-11/h4-7,13,17H,16H2,1-3H3. The van der Waals surface area contributed by atoms with Gasteiger partial charge in [-0.25, -0.2) is 5.43 Å². The van der Waals surface area contributed by atoms with Crippen LogP contribution in [0.15, 0.2) is 24.3 Å². The van der Waals surface area contributed by atoms with Crippen molar-refractivity contribution < 1.29 is 14.2 Å². The van der Waals surface area contributed by atoms with Crippen LogP contribution in [0.2, 0.25) is 4.34 Å². The maximum Gasteiger partial charge on any atom is 0.203 e. The number of thiophene rings is 1. The number of hydrogen-bond donors (Lipinski definition) is 2. The van der Waals surface area contributed by atoms with Gasteiger partial charge in [-0.15, -0.1) is 11.3 Å². The average molecular weight is 329 g/mol. The summed E-state index contributed by atoms with van der Waals surface area (Å²) in [5, 5.41) is 0. The highest BCUT2D eigenvalue weighted by Gasteiger charge is 2.20. The lowest BCUT2D eigenvalue weighted by molar-refractivity contribution is 0.323. The molecule has 0 radical (unpaired) electrons. The van der Waals surface area contributed by atoms with Crippen LogP contribution >= 0.6 is 22.9 Å². The van der Waals surface area contributed by atoms with Crippen LogP contribution in [0, 0.1) is 0 Å². The molecular formula is C14H17ClN2O3S. The molecule has 0 aliphatic heterocycles. The van der Waals surface area contributed by atoms with E-state index in [2.05, 4.69) is 5.43 Å². The minimum Gasteiger partial charge on any atom is -0.493 e. The molecule has 2 rings (SSSR count). The van der Waals surface area contributed by atoms with Gasteiger partial charge >= 0.3 is 0 Å². The molecular weight excluding hydrogens is 312 g/mol. The normalized spacial score (nSPS) is 12.0. The molecule has 5 nitrogen and oxygen atoms in total. The van der Waals surface area contributed by atoms with Crippen LogP contribution in [0.4, 0.5) is 0 Å². The molecule has 0 spiro atoms. The van der Waals surface area contributed by atoms with E-state index < -0.39 is 0 Å². The zero-order chi connectivity index (χ0) is 15.4. The molecule has 0 saturated carbocycles. The van der Waals surface area contributed by atoms with Crippen LogP contribution in [0.25, 0.3) is 0 Å². The lowest BCUT2D eigenvalue weighted by atomic mass is 10.0. The maximum absolute atomic E-state index is 5.99. The van der Waals surface area contributed by atoms with Gasteiger partial charge in [-0.1, -0.05) is 11.6 Å². The Bertz CT molecular complexity index is 593. The Labute approximate surface area is 132 Å². The van der Waals surface area contributed by atoms with Crippen molar-refractivity contribution >= 4 is 22.9 Å². The Balaban J connectivity index is 2.51. The van der Waals surface area contributed by atoms with Gasteiger partial charge in [0.2, 0.25) is 5.75 Å². The number of rotatable bonds is 6. The lowest BCUT2D eigenvalue weighted by Gasteiger charge is -2.19. The summed E-state index contributed by atoms with van der Waals surface area (Å²) in [5.74, 6) is 7.40. The van der Waals surface area contributed by atoms with Crippen molar-refractivity contribution in [3.63, 3.8) is 0 Å². The molecule has 3 N–H and O–H groups in total. The Morgan fingerprint density at radius 2 is 1.71 bits per heavy atom. The van der Waals surface area contributed by atoms with Crippen molar-refractivity contribution in [1.29, 1.82) is 0 Å². The number of nitrogens with one attached hydrogen (secondary N) is 1. The molecule has 114 valence electrons. The van der Waals surface area contributed by atoms with Crippen LogP contribution in [0.1, 0.15) is 16.5 Å². The third kappa shape index (κ3) is 3.24. The number of benzene rings is 1. The van der Waals surface area contributed by atoms with E-state index in [-0.39, 0.29) is 6.04 Å². The van der Waals surface area contributed by atoms with E-state index in [0.717, 1.165) is 10.4 Å². The first-order valence-corrected chi connectivity index (χ1v) is 7.35. The van der Waals surface area contributed by atoms with Gasteiger partial charge in [-0.05, 0) is 29.8 Å². The number of nitrogens with two attached hydrogens (primary N) is 1. The van der Waals surface area contributed by atoms with Gasteiger partial charge in [0.1, 0.15) is 0 Å². The summed E-state index contributed by atoms with van der Waals surface area (Å²) in [6.07, 6.45) is 0. The number of methoxy groups -OCH3 is 3. The van der Waals surface area contributed by atoms with E-state index >= 15 is 0 Å². The second kappa shape index (κ2) is 7.00. The van der Waals surface area contributed by atoms with E-state index in [1.165, 1.54) is 11.3 Å². The fraction of sp³-hybridized carbons (Fsp3) is 0.286. The second-order valence-electron chi connectivity index (χ2n) is 4.20. The smallest absolute Gasteiger partial charge is 0.203 e. The van der Waals surface area contributed by atoms with Gasteiger partial charge in [-0.2, -0.15) is 0 Å². The fourth-order valence-electron chi connectivity index (χ4n) is 2.09. The van der Waals surface area contributed by atoms with Crippen molar-refractivity contribution in [1.82, 2.24) is 5.43 Å². The molecule has 7 heteroatoms. The van der Waals surface area contributed by atoms with Crippen molar-refractivity contribution in [3.05, 3.63) is 39.0 Å². The molecule has 1 heterocycles. The highest BCUT2D eigenvalue weighted by Crippen LogP contribution is 2.41. The van der Waals surface area contributed by atoms with Gasteiger partial charge in [0.25, 0.3) is 0 Å². The molecule has 0 bridgehead atoms. The molecule has 0 fully saturated rings. The summed E-state index contributed by atoms with van der Waals surface area (Å²) in [6.45, 7) is 0. The molecule has 1 atom stereocenters. The second-order valence-corrected chi connectivity index (χ2v) is 5.95. The molecule has 1 aromatic heterocycles. The summed E-state index contributed by atoms with van der Waals surface area (Å²) in [4.78, 5) is 0.997. The molecule has 0 amide bonds. The third-order valence-corrected chi connectivity index (χ3v) is 4.36. The van der Waals surface area contributed by atoms with Crippen LogP contribution in [-0.4, -0.2) is 21.3 Å². The molecule has 21 heavy (non-hydrogen) atoms. The molecule has 0 aliphatic carbocycles. The topological polar surface area (TPSA) is 65.7 Å². The zero-order valence-electron chi connectivity index (χ0n) is 12.0. The van der Waals surface area contributed by atoms with E-state index in [9.17, 15) is 0 Å². The molecule has 0 saturated heterocycles. The summed E-state index contributed by atoms with van der Waals surface area (Å²) >= 11 is 7.46. The first-order valence-electron chi connectivity index (χ1n) is 6.15. The lowest BCUT2D eigenvalue weighted by Crippen LogP contribution is -2.28. The Morgan fingerprint density at radius 1 is 1.10 bits per heavy atom. The SMILES string of the molecule is COc1cc(C(NN)c2ccc(Cl)s2)cc(OC)c1OC. The van der Waals surface area contributed by atoms with Gasteiger partial charge < -0.3 is 14.2 Å². The summed E-state index contributed by atoms with van der Waals surface area (Å²) in [7, 11) is 4.72. The van der Waals surface area contributed by atoms with Crippen molar-refractivity contribution in [2.45, 2.75) is 6.04 Å². The monoisotopic (exact) mass is 328 g/mol. The number of hydrogen-bond acceptors (Lipinski definition) is 6. The highest BCUT2D eigenvalue weighted by molar-refractivity contribution is 7.16. The first-order chi connectivity index (χ1) is 10.1. The molecule has 1 unspecified atom stereocenters. The van der Waals surface area contributed by atoms with Gasteiger partial charge in [-0.3, -0.25) is 5.84 Å². The minimum absolute atomic E-state index is 0.212. The minimum atomic E-state index is -0.212. The predicted octanol–water partition coefficient (Wildman–Crippen LogP) is 2.98. The quantitative estimate of drug-likeness (QED) is 0.630. The fourth-order valence-corrected chi connectivity index (χ4v) is 3.24. The van der Waals surface area contributed by atoms with Crippen molar-refractivity contribution in [2.24, 2.45) is 5.84 Å².